The number of benzene rings is 3. The highest BCUT2D eigenvalue weighted by Crippen LogP contribution is 2.37. The van der Waals surface area contributed by atoms with Crippen LogP contribution in [0.3, 0.4) is 0 Å². The quantitative estimate of drug-likeness (QED) is 0.318. The summed E-state index contributed by atoms with van der Waals surface area (Å²) in [6, 6.07) is 30.5. The molecule has 3 aromatic rings. The minimum atomic E-state index is -2.61. The van der Waals surface area contributed by atoms with Crippen molar-refractivity contribution in [2.24, 2.45) is 11.8 Å². The van der Waals surface area contributed by atoms with E-state index in [-0.39, 0.29) is 28.8 Å². The van der Waals surface area contributed by atoms with E-state index >= 15 is 0 Å². The van der Waals surface area contributed by atoms with E-state index in [0.717, 1.165) is 12.0 Å². The van der Waals surface area contributed by atoms with Crippen LogP contribution in [-0.4, -0.2) is 43.9 Å². The maximum atomic E-state index is 13.3. The molecule has 5 heteroatoms. The number of likely N-dealkylation sites (N-methyl/N-ethyl adjacent to an activating group) is 1. The second-order valence-electron chi connectivity index (χ2n) is 11.8. The molecule has 0 aliphatic heterocycles. The summed E-state index contributed by atoms with van der Waals surface area (Å²) >= 11 is 0. The smallest absolute Gasteiger partial charge is 0.261 e. The van der Waals surface area contributed by atoms with Gasteiger partial charge in [0.05, 0.1) is 12.1 Å². The van der Waals surface area contributed by atoms with Gasteiger partial charge in [0, 0.05) is 19.6 Å². The van der Waals surface area contributed by atoms with Crippen LogP contribution < -0.4 is 10.4 Å². The van der Waals surface area contributed by atoms with Gasteiger partial charge < -0.3 is 14.4 Å². The van der Waals surface area contributed by atoms with E-state index in [9.17, 15) is 9.90 Å². The average molecular weight is 532 g/mol. The largest absolute Gasteiger partial charge is 0.407 e. The molecule has 3 rings (SSSR count). The third-order valence-corrected chi connectivity index (χ3v) is 12.7. The average Bonchev–Trinajstić information content (AvgIpc) is 2.92. The molecule has 1 amide bonds. The van der Waals surface area contributed by atoms with E-state index in [1.165, 1.54) is 10.4 Å². The van der Waals surface area contributed by atoms with E-state index in [0.29, 0.717) is 6.61 Å². The lowest BCUT2D eigenvalue weighted by Gasteiger charge is -2.43. The standard InChI is InChI=1S/C33H45NO3Si/c1-25(23-26(2)32(36)34(7)27(3)31(35)28-17-11-8-12-18-28)24-37-38(33(4,5)6,29-19-13-9-14-20-29)30-21-15-10-16-22-30/h8-22,25-27,31,35H,23-24H2,1-7H3/t25-,26+,27-,31+/m1/s1. The Bertz CT molecular complexity index is 1090. The summed E-state index contributed by atoms with van der Waals surface area (Å²) in [6.45, 7) is 13.5. The van der Waals surface area contributed by atoms with E-state index in [1.54, 1.807) is 11.9 Å². The highest BCUT2D eigenvalue weighted by atomic mass is 28.4. The first-order valence-corrected chi connectivity index (χ1v) is 15.6. The van der Waals surface area contributed by atoms with Crippen LogP contribution in [-0.2, 0) is 9.22 Å². The lowest BCUT2D eigenvalue weighted by Crippen LogP contribution is -2.66. The number of aliphatic hydroxyl groups is 1. The Kier molecular flexibility index (Phi) is 10.1. The number of hydrogen-bond donors (Lipinski definition) is 1. The summed E-state index contributed by atoms with van der Waals surface area (Å²) in [4.78, 5) is 15.0. The maximum absolute atomic E-state index is 13.3. The molecule has 4 atom stereocenters. The van der Waals surface area contributed by atoms with Crippen molar-refractivity contribution in [2.75, 3.05) is 13.7 Å². The van der Waals surface area contributed by atoms with Crippen molar-refractivity contribution in [3.8, 4) is 0 Å². The van der Waals surface area contributed by atoms with Crippen LogP contribution in [0.15, 0.2) is 91.0 Å². The summed E-state index contributed by atoms with van der Waals surface area (Å²) in [5, 5.41) is 13.3. The van der Waals surface area contributed by atoms with Crippen LogP contribution in [0.25, 0.3) is 0 Å². The lowest BCUT2D eigenvalue weighted by molar-refractivity contribution is -0.138. The van der Waals surface area contributed by atoms with E-state index in [1.807, 2.05) is 44.2 Å². The molecule has 3 aromatic carbocycles. The highest BCUT2D eigenvalue weighted by molar-refractivity contribution is 6.99. The van der Waals surface area contributed by atoms with Gasteiger partial charge in [-0.05, 0) is 40.2 Å². The molecular formula is C33H45NO3Si. The van der Waals surface area contributed by atoms with Gasteiger partial charge in [0.15, 0.2) is 0 Å². The van der Waals surface area contributed by atoms with Crippen molar-refractivity contribution in [1.29, 1.82) is 0 Å². The molecule has 4 nitrogen and oxygen atoms in total. The Labute approximate surface area is 230 Å². The molecule has 38 heavy (non-hydrogen) atoms. The summed E-state index contributed by atoms with van der Waals surface area (Å²) in [6.07, 6.45) is -0.0107. The molecule has 0 radical (unpaired) electrons. The fourth-order valence-electron chi connectivity index (χ4n) is 5.49. The predicted octanol–water partition coefficient (Wildman–Crippen LogP) is 5.81. The third-order valence-electron chi connectivity index (χ3n) is 7.74. The van der Waals surface area contributed by atoms with Crippen LogP contribution in [0.1, 0.15) is 59.6 Å². The zero-order chi connectivity index (χ0) is 27.9. The normalized spacial score (nSPS) is 15.4. The Balaban J connectivity index is 1.73. The number of hydrogen-bond acceptors (Lipinski definition) is 3. The fourth-order valence-corrected chi connectivity index (χ4v) is 10.2. The van der Waals surface area contributed by atoms with Gasteiger partial charge in [-0.2, -0.15) is 0 Å². The van der Waals surface area contributed by atoms with Gasteiger partial charge >= 0.3 is 0 Å². The number of amides is 1. The van der Waals surface area contributed by atoms with E-state index in [2.05, 4.69) is 88.4 Å². The van der Waals surface area contributed by atoms with Crippen LogP contribution >= 0.6 is 0 Å². The Hall–Kier alpha value is -2.73. The molecule has 0 heterocycles. The number of carbonyl (C=O) groups is 1. The molecule has 204 valence electrons. The van der Waals surface area contributed by atoms with Crippen molar-refractivity contribution >= 4 is 24.6 Å². The molecule has 0 fully saturated rings. The topological polar surface area (TPSA) is 49.8 Å². The number of nitrogens with zero attached hydrogens (tertiary/aromatic N) is 1. The predicted molar refractivity (Wildman–Crippen MR) is 160 cm³/mol. The minimum Gasteiger partial charge on any atom is -0.407 e. The van der Waals surface area contributed by atoms with Crippen LogP contribution in [0.5, 0.6) is 0 Å². The molecule has 0 saturated heterocycles. The minimum absolute atomic E-state index is 0.0461. The van der Waals surface area contributed by atoms with Crippen LogP contribution in [0, 0.1) is 11.8 Å². The summed E-state index contributed by atoms with van der Waals surface area (Å²) in [7, 11) is -0.820. The van der Waals surface area contributed by atoms with Crippen molar-refractivity contribution in [3.05, 3.63) is 96.6 Å². The van der Waals surface area contributed by atoms with Crippen molar-refractivity contribution in [1.82, 2.24) is 4.90 Å². The zero-order valence-corrected chi connectivity index (χ0v) is 25.1. The maximum Gasteiger partial charge on any atom is 0.261 e. The number of aliphatic hydroxyl groups excluding tert-OH is 1. The Morgan fingerprint density at radius 3 is 1.74 bits per heavy atom. The fraction of sp³-hybridized carbons (Fsp3) is 0.424. The molecule has 0 bridgehead atoms. The SMILES string of the molecule is C[C@@H](CO[Si](c1ccccc1)(c1ccccc1)C(C)(C)C)C[C@H](C)C(=O)N(C)[C@H](C)[C@H](O)c1ccccc1. The Morgan fingerprint density at radius 1 is 0.842 bits per heavy atom. The van der Waals surface area contributed by atoms with Gasteiger partial charge in [0.1, 0.15) is 0 Å². The number of carbonyl (C=O) groups excluding carboxylic acids is 1. The van der Waals surface area contributed by atoms with Crippen LogP contribution in [0.2, 0.25) is 5.04 Å². The second kappa shape index (κ2) is 12.9. The summed E-state index contributed by atoms with van der Waals surface area (Å²) in [5.74, 6) is 0.0614. The first-order valence-electron chi connectivity index (χ1n) is 13.7. The van der Waals surface area contributed by atoms with Gasteiger partial charge in [0.25, 0.3) is 8.32 Å². The molecule has 1 N–H and O–H groups in total. The molecular weight excluding hydrogens is 486 g/mol. The van der Waals surface area contributed by atoms with Gasteiger partial charge in [-0.1, -0.05) is 126 Å². The monoisotopic (exact) mass is 531 g/mol. The molecule has 0 aliphatic rings. The van der Waals surface area contributed by atoms with Crippen LogP contribution in [0.4, 0.5) is 0 Å². The van der Waals surface area contributed by atoms with Gasteiger partial charge in [-0.3, -0.25) is 4.79 Å². The van der Waals surface area contributed by atoms with Gasteiger partial charge in [0.2, 0.25) is 5.91 Å². The van der Waals surface area contributed by atoms with Gasteiger partial charge in [-0.15, -0.1) is 0 Å². The second-order valence-corrected chi connectivity index (χ2v) is 16.1. The molecule has 0 unspecified atom stereocenters. The van der Waals surface area contributed by atoms with E-state index < -0.39 is 14.4 Å². The number of rotatable bonds is 11. The van der Waals surface area contributed by atoms with Crippen molar-refractivity contribution < 1.29 is 14.3 Å². The lowest BCUT2D eigenvalue weighted by atomic mass is 9.95. The Morgan fingerprint density at radius 2 is 1.29 bits per heavy atom. The molecule has 0 spiro atoms. The molecule has 0 aromatic heterocycles. The summed E-state index contributed by atoms with van der Waals surface area (Å²) in [5.41, 5.74) is 0.819. The van der Waals surface area contributed by atoms with Crippen molar-refractivity contribution in [3.63, 3.8) is 0 Å². The zero-order valence-electron chi connectivity index (χ0n) is 24.1. The summed E-state index contributed by atoms with van der Waals surface area (Å²) < 4.78 is 7.09. The molecule has 0 aliphatic carbocycles. The van der Waals surface area contributed by atoms with E-state index in [4.69, 9.17) is 4.43 Å². The highest BCUT2D eigenvalue weighted by Gasteiger charge is 2.50. The first kappa shape index (κ1) is 29.8. The van der Waals surface area contributed by atoms with Crippen molar-refractivity contribution in [2.45, 2.75) is 65.1 Å². The molecule has 0 saturated carbocycles. The first-order chi connectivity index (χ1) is 18.0. The van der Waals surface area contributed by atoms with Gasteiger partial charge in [-0.25, -0.2) is 0 Å². The third kappa shape index (κ3) is 6.63.